The van der Waals surface area contributed by atoms with E-state index < -0.39 is 60.8 Å². The standard InChI is InChI=1S/C29H34F3N4O7PS/c1-14(37)35-12-20(30)22(13-35)34-26(38)23-6-5-19-9-15-2-3-16(15)10-21(28(40)36(19)23)33-27(39)25-11-17-8-18(4-7-24(17)45-25)29(31,32)44(41,42)43/h4,7-8,11,15-16,19-23H,2-3,5-6,9-10,12-13H2,1H3,(H,33,39)(H,34,38)(H2,41,42,43)/t15-,16+,19+,20-,21-,22?,23-/m0/s1. The molecule has 11 nitrogen and oxygen atoms in total. The summed E-state index contributed by atoms with van der Waals surface area (Å²) in [5.74, 6) is -1.25. The molecule has 3 aliphatic heterocycles. The van der Waals surface area contributed by atoms with Crippen molar-refractivity contribution in [3.8, 4) is 0 Å². The third-order valence-electron chi connectivity index (χ3n) is 9.83. The Bertz CT molecular complexity index is 1600. The maximum atomic E-state index is 14.6. The van der Waals surface area contributed by atoms with Crippen LogP contribution < -0.4 is 10.6 Å². The Morgan fingerprint density at radius 2 is 1.73 bits per heavy atom. The lowest BCUT2D eigenvalue weighted by molar-refractivity contribution is -0.145. The van der Waals surface area contributed by atoms with Crippen molar-refractivity contribution < 1.29 is 46.7 Å². The first-order chi connectivity index (χ1) is 21.1. The molecule has 45 heavy (non-hydrogen) atoms. The Kier molecular flexibility index (Phi) is 8.28. The highest BCUT2D eigenvalue weighted by Crippen LogP contribution is 2.59. The normalized spacial score (nSPS) is 30.3. The van der Waals surface area contributed by atoms with Crippen LogP contribution in [0.3, 0.4) is 0 Å². The van der Waals surface area contributed by atoms with E-state index in [0.29, 0.717) is 29.9 Å². The van der Waals surface area contributed by atoms with Gasteiger partial charge in [0.2, 0.25) is 17.7 Å². The molecule has 4 fully saturated rings. The van der Waals surface area contributed by atoms with E-state index in [-0.39, 0.29) is 41.2 Å². The van der Waals surface area contributed by atoms with Crippen LogP contribution in [0.4, 0.5) is 13.2 Å². The van der Waals surface area contributed by atoms with E-state index in [4.69, 9.17) is 9.79 Å². The first kappa shape index (κ1) is 32.0. The summed E-state index contributed by atoms with van der Waals surface area (Å²) in [5.41, 5.74) is -5.28. The van der Waals surface area contributed by atoms with Gasteiger partial charge in [0.15, 0.2) is 0 Å². The minimum atomic E-state index is -5.78. The summed E-state index contributed by atoms with van der Waals surface area (Å²) >= 11 is 0.988. The summed E-state index contributed by atoms with van der Waals surface area (Å²) in [6, 6.07) is 1.54. The summed E-state index contributed by atoms with van der Waals surface area (Å²) < 4.78 is 55.0. The van der Waals surface area contributed by atoms with Crippen molar-refractivity contribution in [3.63, 3.8) is 0 Å². The van der Waals surface area contributed by atoms with Gasteiger partial charge in [-0.1, -0.05) is 6.07 Å². The monoisotopic (exact) mass is 670 g/mol. The average Bonchev–Trinajstić information content (AvgIpc) is 3.68. The zero-order chi connectivity index (χ0) is 32.4. The number of rotatable bonds is 6. The molecule has 16 heteroatoms. The third-order valence-corrected chi connectivity index (χ3v) is 11.9. The maximum absolute atomic E-state index is 14.6. The van der Waals surface area contributed by atoms with E-state index in [2.05, 4.69) is 10.6 Å². The molecule has 0 spiro atoms. The topological polar surface area (TPSA) is 156 Å². The first-order valence-corrected chi connectivity index (χ1v) is 17.4. The molecule has 2 aromatic rings. The number of fused-ring (bicyclic) bond motifs is 3. The second kappa shape index (κ2) is 11.7. The maximum Gasteiger partial charge on any atom is 0.399 e. The van der Waals surface area contributed by atoms with E-state index in [0.717, 1.165) is 42.7 Å². The SMILES string of the molecule is CC(=O)N1CC(NC(=O)[C@@H]2CC[C@@H]3C[C@@H]4CC[C@@H]4C[C@H](NC(=O)c4cc5cc(C(F)(F)P(=O)(O)O)ccc5s4)C(=O)N32)[C@@H](F)C1. The molecule has 0 bridgehead atoms. The predicted octanol–water partition coefficient (Wildman–Crippen LogP) is 3.09. The summed E-state index contributed by atoms with van der Waals surface area (Å²) in [5, 5.41) is 5.71. The zero-order valence-corrected chi connectivity index (χ0v) is 26.0. The molecule has 3 saturated heterocycles. The number of benzene rings is 1. The quantitative estimate of drug-likeness (QED) is 0.344. The summed E-state index contributed by atoms with van der Waals surface area (Å²) in [6.45, 7) is 1.27. The highest BCUT2D eigenvalue weighted by molar-refractivity contribution is 7.52. The molecule has 4 heterocycles. The second-order valence-corrected chi connectivity index (χ2v) is 15.3. The van der Waals surface area contributed by atoms with Crippen LogP contribution in [0.5, 0.6) is 0 Å². The number of alkyl halides is 3. The Balaban J connectivity index is 1.21. The van der Waals surface area contributed by atoms with Crippen molar-refractivity contribution in [2.75, 3.05) is 13.1 Å². The molecule has 1 unspecified atom stereocenters. The minimum Gasteiger partial charge on any atom is -0.347 e. The molecule has 1 aliphatic carbocycles. The van der Waals surface area contributed by atoms with E-state index in [1.165, 1.54) is 24.0 Å². The number of nitrogens with zero attached hydrogens (tertiary/aromatic N) is 2. The zero-order valence-electron chi connectivity index (χ0n) is 24.3. The van der Waals surface area contributed by atoms with Gasteiger partial charge in [0.05, 0.1) is 17.5 Å². The van der Waals surface area contributed by atoms with Gasteiger partial charge in [-0.2, -0.15) is 8.78 Å². The lowest BCUT2D eigenvalue weighted by Crippen LogP contribution is -2.59. The number of carbonyl (C=O) groups excluding carboxylic acids is 4. The van der Waals surface area contributed by atoms with E-state index in [1.807, 2.05) is 0 Å². The van der Waals surface area contributed by atoms with Crippen LogP contribution in [0.15, 0.2) is 24.3 Å². The molecule has 0 radical (unpaired) electrons. The summed E-state index contributed by atoms with van der Waals surface area (Å²) in [6.07, 6.45) is 2.55. The van der Waals surface area contributed by atoms with Gasteiger partial charge in [-0.25, -0.2) is 4.39 Å². The lowest BCUT2D eigenvalue weighted by Gasteiger charge is -2.45. The van der Waals surface area contributed by atoms with E-state index >= 15 is 0 Å². The molecular formula is C29H34F3N4O7PS. The Morgan fingerprint density at radius 1 is 1.02 bits per heavy atom. The van der Waals surface area contributed by atoms with Crippen LogP contribution >= 0.6 is 18.9 Å². The highest BCUT2D eigenvalue weighted by Gasteiger charge is 2.51. The number of nitrogens with one attached hydrogen (secondary N) is 2. The summed E-state index contributed by atoms with van der Waals surface area (Å²) in [7, 11) is -5.78. The fourth-order valence-corrected chi connectivity index (χ4v) is 8.62. The highest BCUT2D eigenvalue weighted by atomic mass is 32.1. The van der Waals surface area contributed by atoms with Gasteiger partial charge in [0, 0.05) is 29.8 Å². The van der Waals surface area contributed by atoms with Gasteiger partial charge in [-0.3, -0.25) is 23.7 Å². The van der Waals surface area contributed by atoms with Gasteiger partial charge in [0.1, 0.15) is 18.3 Å². The number of halogens is 3. The summed E-state index contributed by atoms with van der Waals surface area (Å²) in [4.78, 5) is 73.8. The van der Waals surface area contributed by atoms with Crippen molar-refractivity contribution in [3.05, 3.63) is 34.7 Å². The van der Waals surface area contributed by atoms with Crippen LogP contribution in [-0.2, 0) is 24.6 Å². The van der Waals surface area contributed by atoms with Crippen molar-refractivity contribution in [1.29, 1.82) is 0 Å². The molecule has 6 rings (SSSR count). The number of amides is 4. The molecule has 244 valence electrons. The van der Waals surface area contributed by atoms with Crippen LogP contribution in [0.1, 0.15) is 60.7 Å². The molecule has 1 saturated carbocycles. The minimum absolute atomic E-state index is 0.0440. The molecule has 7 atom stereocenters. The average molecular weight is 671 g/mol. The third kappa shape index (κ3) is 5.88. The van der Waals surface area contributed by atoms with Crippen LogP contribution in [0.2, 0.25) is 0 Å². The molecule has 4 aliphatic rings. The Labute approximate surface area is 260 Å². The number of carbonyl (C=O) groups is 4. The number of hydrogen-bond donors (Lipinski definition) is 4. The molecule has 4 amide bonds. The van der Waals surface area contributed by atoms with Gasteiger partial charge in [0.25, 0.3) is 5.91 Å². The van der Waals surface area contributed by atoms with Crippen LogP contribution in [0.25, 0.3) is 10.1 Å². The van der Waals surface area contributed by atoms with Crippen molar-refractivity contribution in [1.82, 2.24) is 20.4 Å². The number of hydrogen-bond acceptors (Lipinski definition) is 6. The molecule has 4 N–H and O–H groups in total. The van der Waals surface area contributed by atoms with E-state index in [1.54, 1.807) is 4.90 Å². The predicted molar refractivity (Wildman–Crippen MR) is 157 cm³/mol. The molecule has 1 aromatic carbocycles. The Morgan fingerprint density at radius 3 is 2.38 bits per heavy atom. The first-order valence-electron chi connectivity index (χ1n) is 14.9. The van der Waals surface area contributed by atoms with Gasteiger partial charge < -0.3 is 30.2 Å². The fraction of sp³-hybridized carbons (Fsp3) is 0.586. The van der Waals surface area contributed by atoms with Crippen molar-refractivity contribution >= 4 is 52.6 Å². The van der Waals surface area contributed by atoms with Crippen LogP contribution in [-0.4, -0.2) is 86.6 Å². The Hall–Kier alpha value is -3.00. The smallest absolute Gasteiger partial charge is 0.347 e. The molecular weight excluding hydrogens is 636 g/mol. The molecule has 1 aromatic heterocycles. The number of thiophene rings is 1. The van der Waals surface area contributed by atoms with Gasteiger partial charge >= 0.3 is 13.3 Å². The largest absolute Gasteiger partial charge is 0.399 e. The fourth-order valence-electron chi connectivity index (χ4n) is 7.19. The lowest BCUT2D eigenvalue weighted by atomic mass is 9.67. The van der Waals surface area contributed by atoms with Crippen molar-refractivity contribution in [2.45, 2.75) is 81.5 Å². The van der Waals surface area contributed by atoms with Crippen molar-refractivity contribution in [2.24, 2.45) is 11.8 Å². The van der Waals surface area contributed by atoms with Crippen LogP contribution in [0, 0.1) is 11.8 Å². The van der Waals surface area contributed by atoms with E-state index in [9.17, 15) is 36.9 Å². The van der Waals surface area contributed by atoms with Gasteiger partial charge in [-0.05, 0) is 73.9 Å². The van der Waals surface area contributed by atoms with Gasteiger partial charge in [-0.15, -0.1) is 11.3 Å². The second-order valence-electron chi connectivity index (χ2n) is 12.6. The number of likely N-dealkylation sites (tertiary alicyclic amines) is 1.